The maximum Gasteiger partial charge on any atom is 0.317 e. The lowest BCUT2D eigenvalue weighted by atomic mass is 10.2. The highest BCUT2D eigenvalue weighted by Crippen LogP contribution is 2.31. The molecule has 0 spiro atoms. The number of hydrogen-bond acceptors (Lipinski definition) is 3. The summed E-state index contributed by atoms with van der Waals surface area (Å²) in [6, 6.07) is 0.650. The van der Waals surface area contributed by atoms with Crippen molar-refractivity contribution in [2.45, 2.75) is 38.3 Å². The van der Waals surface area contributed by atoms with Gasteiger partial charge in [0.2, 0.25) is 5.91 Å². The average molecular weight is 226 g/mol. The van der Waals surface area contributed by atoms with Crippen LogP contribution in [0.4, 0.5) is 0 Å². The lowest BCUT2D eigenvalue weighted by molar-refractivity contribution is -0.138. The summed E-state index contributed by atoms with van der Waals surface area (Å²) in [5.41, 5.74) is 0. The molecule has 1 unspecified atom stereocenters. The second kappa shape index (κ2) is 4.41. The molecule has 0 aromatic rings. The second-order valence-corrected chi connectivity index (χ2v) is 4.73. The summed E-state index contributed by atoms with van der Waals surface area (Å²) in [5.74, 6) is -0.661. The third-order valence-electron chi connectivity index (χ3n) is 3.30. The lowest BCUT2D eigenvalue weighted by Gasteiger charge is -2.28. The van der Waals surface area contributed by atoms with Crippen LogP contribution in [0.3, 0.4) is 0 Å². The van der Waals surface area contributed by atoms with E-state index < -0.39 is 5.97 Å². The van der Waals surface area contributed by atoms with Gasteiger partial charge in [0.1, 0.15) is 0 Å². The summed E-state index contributed by atoms with van der Waals surface area (Å²) in [6.07, 6.45) is 3.12. The molecule has 0 radical (unpaired) electrons. The zero-order valence-electron chi connectivity index (χ0n) is 9.56. The van der Waals surface area contributed by atoms with Gasteiger partial charge < -0.3 is 10.0 Å². The van der Waals surface area contributed by atoms with E-state index in [1.54, 1.807) is 6.92 Å². The molecule has 5 nitrogen and oxygen atoms in total. The molecule has 1 aliphatic carbocycles. The van der Waals surface area contributed by atoms with Crippen molar-refractivity contribution >= 4 is 11.9 Å². The van der Waals surface area contributed by atoms with E-state index in [1.807, 2.05) is 9.80 Å². The lowest BCUT2D eigenvalue weighted by Crippen LogP contribution is -2.42. The first-order chi connectivity index (χ1) is 7.58. The van der Waals surface area contributed by atoms with Crippen molar-refractivity contribution in [2.75, 3.05) is 19.6 Å². The van der Waals surface area contributed by atoms with Gasteiger partial charge in [0, 0.05) is 32.1 Å². The molecule has 0 aromatic carbocycles. The Kier molecular flexibility index (Phi) is 3.14. The molecule has 1 saturated heterocycles. The molecule has 16 heavy (non-hydrogen) atoms. The molecule has 2 aliphatic rings. The predicted octanol–water partition coefficient (Wildman–Crippen LogP) is 0.156. The number of aliphatic carboxylic acids is 1. The molecule has 1 aliphatic heterocycles. The molecular formula is C11H18N2O3. The predicted molar refractivity (Wildman–Crippen MR) is 58.0 cm³/mol. The SMILES string of the molecule is CC(=O)N(C1CC1)C1CCN(CC(=O)O)C1. The van der Waals surface area contributed by atoms with Crippen molar-refractivity contribution in [3.8, 4) is 0 Å². The Morgan fingerprint density at radius 3 is 2.50 bits per heavy atom. The van der Waals surface area contributed by atoms with Gasteiger partial charge in [-0.15, -0.1) is 0 Å². The summed E-state index contributed by atoms with van der Waals surface area (Å²) >= 11 is 0. The fourth-order valence-electron chi connectivity index (χ4n) is 2.54. The first kappa shape index (κ1) is 11.4. The van der Waals surface area contributed by atoms with Crippen LogP contribution in [0.1, 0.15) is 26.2 Å². The molecule has 1 heterocycles. The van der Waals surface area contributed by atoms with Crippen LogP contribution in [0.25, 0.3) is 0 Å². The third-order valence-corrected chi connectivity index (χ3v) is 3.30. The smallest absolute Gasteiger partial charge is 0.317 e. The average Bonchev–Trinajstić information content (AvgIpc) is 2.87. The molecule has 1 amide bonds. The van der Waals surface area contributed by atoms with Gasteiger partial charge in [-0.3, -0.25) is 14.5 Å². The van der Waals surface area contributed by atoms with Crippen LogP contribution >= 0.6 is 0 Å². The molecule has 5 heteroatoms. The van der Waals surface area contributed by atoms with E-state index in [4.69, 9.17) is 5.11 Å². The van der Waals surface area contributed by atoms with E-state index in [2.05, 4.69) is 0 Å². The summed E-state index contributed by atoms with van der Waals surface area (Å²) < 4.78 is 0. The van der Waals surface area contributed by atoms with E-state index in [0.717, 1.165) is 25.8 Å². The highest BCUT2D eigenvalue weighted by atomic mass is 16.4. The number of carboxylic acid groups (broad SMARTS) is 1. The fraction of sp³-hybridized carbons (Fsp3) is 0.818. The summed E-state index contributed by atoms with van der Waals surface area (Å²) in [4.78, 5) is 26.0. The second-order valence-electron chi connectivity index (χ2n) is 4.73. The number of likely N-dealkylation sites (tertiary alicyclic amines) is 1. The Bertz CT molecular complexity index is 302. The Balaban J connectivity index is 1.90. The van der Waals surface area contributed by atoms with E-state index >= 15 is 0 Å². The molecule has 0 bridgehead atoms. The van der Waals surface area contributed by atoms with Crippen molar-refractivity contribution in [1.82, 2.24) is 9.80 Å². The van der Waals surface area contributed by atoms with Crippen LogP contribution in [-0.4, -0.2) is 58.5 Å². The summed E-state index contributed by atoms with van der Waals surface area (Å²) in [6.45, 7) is 3.20. The van der Waals surface area contributed by atoms with Crippen LogP contribution in [0.15, 0.2) is 0 Å². The zero-order valence-corrected chi connectivity index (χ0v) is 9.56. The van der Waals surface area contributed by atoms with Crippen LogP contribution in [0.2, 0.25) is 0 Å². The number of carbonyl (C=O) groups is 2. The fourth-order valence-corrected chi connectivity index (χ4v) is 2.54. The van der Waals surface area contributed by atoms with Crippen LogP contribution in [0.5, 0.6) is 0 Å². The molecule has 90 valence electrons. The van der Waals surface area contributed by atoms with Gasteiger partial charge in [0.15, 0.2) is 0 Å². The van der Waals surface area contributed by atoms with E-state index in [0.29, 0.717) is 12.6 Å². The topological polar surface area (TPSA) is 60.9 Å². The zero-order chi connectivity index (χ0) is 11.7. The number of carboxylic acids is 1. The number of amides is 1. The Hall–Kier alpha value is -1.10. The minimum absolute atomic E-state index is 0.0902. The quantitative estimate of drug-likeness (QED) is 0.741. The normalized spacial score (nSPS) is 25.7. The molecule has 1 saturated carbocycles. The highest BCUT2D eigenvalue weighted by Gasteiger charge is 2.38. The summed E-state index contributed by atoms with van der Waals surface area (Å²) in [7, 11) is 0. The van der Waals surface area contributed by atoms with Crippen LogP contribution in [0, 0.1) is 0 Å². The van der Waals surface area contributed by atoms with Crippen LogP contribution < -0.4 is 0 Å². The standard InChI is InChI=1S/C11H18N2O3/c1-8(14)13(9-2-3-9)10-4-5-12(6-10)7-11(15)16/h9-10H,2-7H2,1H3,(H,15,16). The Labute approximate surface area is 95.0 Å². The number of nitrogens with zero attached hydrogens (tertiary/aromatic N) is 2. The minimum atomic E-state index is -0.790. The number of carbonyl (C=O) groups excluding carboxylic acids is 1. The molecule has 1 N–H and O–H groups in total. The van der Waals surface area contributed by atoms with Crippen molar-refractivity contribution < 1.29 is 14.7 Å². The third kappa shape index (κ3) is 2.52. The van der Waals surface area contributed by atoms with E-state index in [-0.39, 0.29) is 18.5 Å². The Morgan fingerprint density at radius 2 is 2.00 bits per heavy atom. The van der Waals surface area contributed by atoms with Gasteiger partial charge in [-0.25, -0.2) is 0 Å². The van der Waals surface area contributed by atoms with Crippen molar-refractivity contribution in [1.29, 1.82) is 0 Å². The maximum atomic E-state index is 11.5. The van der Waals surface area contributed by atoms with Gasteiger partial charge in [-0.2, -0.15) is 0 Å². The molecule has 2 fully saturated rings. The first-order valence-corrected chi connectivity index (χ1v) is 5.81. The first-order valence-electron chi connectivity index (χ1n) is 5.81. The molecular weight excluding hydrogens is 208 g/mol. The van der Waals surface area contributed by atoms with Gasteiger partial charge in [-0.05, 0) is 19.3 Å². The Morgan fingerprint density at radius 1 is 1.31 bits per heavy atom. The van der Waals surface area contributed by atoms with Crippen molar-refractivity contribution in [3.05, 3.63) is 0 Å². The van der Waals surface area contributed by atoms with E-state index in [1.165, 1.54) is 0 Å². The van der Waals surface area contributed by atoms with E-state index in [9.17, 15) is 9.59 Å². The molecule has 1 atom stereocenters. The number of rotatable bonds is 4. The van der Waals surface area contributed by atoms with Gasteiger partial charge in [-0.1, -0.05) is 0 Å². The largest absolute Gasteiger partial charge is 0.480 e. The minimum Gasteiger partial charge on any atom is -0.480 e. The maximum absolute atomic E-state index is 11.5. The van der Waals surface area contributed by atoms with Crippen molar-refractivity contribution in [2.24, 2.45) is 0 Å². The van der Waals surface area contributed by atoms with Gasteiger partial charge >= 0.3 is 5.97 Å². The van der Waals surface area contributed by atoms with Crippen LogP contribution in [-0.2, 0) is 9.59 Å². The molecule has 2 rings (SSSR count). The molecule has 0 aromatic heterocycles. The van der Waals surface area contributed by atoms with Crippen molar-refractivity contribution in [3.63, 3.8) is 0 Å². The highest BCUT2D eigenvalue weighted by molar-refractivity contribution is 5.74. The van der Waals surface area contributed by atoms with Gasteiger partial charge in [0.25, 0.3) is 0 Å². The van der Waals surface area contributed by atoms with Gasteiger partial charge in [0.05, 0.1) is 6.54 Å². The summed E-state index contributed by atoms with van der Waals surface area (Å²) in [5, 5.41) is 8.71. The number of hydrogen-bond donors (Lipinski definition) is 1. The monoisotopic (exact) mass is 226 g/mol.